The van der Waals surface area contributed by atoms with Crippen LogP contribution in [0.4, 0.5) is 5.69 Å². The topological polar surface area (TPSA) is 61.9 Å². The smallest absolute Gasteiger partial charge is 0.244 e. The average Bonchev–Trinajstić information content (AvgIpc) is 2.86. The number of hydrogen-bond donors (Lipinski definition) is 1. The zero-order valence-electron chi connectivity index (χ0n) is 13.8. The van der Waals surface area contributed by atoms with Gasteiger partial charge in [-0.25, -0.2) is 0 Å². The van der Waals surface area contributed by atoms with Crippen LogP contribution in [0.25, 0.3) is 0 Å². The highest BCUT2D eigenvalue weighted by atomic mass is 32.2. The standard InChI is InChI=1S/C16H23N3O3S/c1-12-4-5-13(14(8-12)22-7-6-18(2)3)17-15(20)9-19-11-23-10-16(19)21/h4-5,8H,6-7,9-11H2,1-3H3,(H,17,20). The first-order chi connectivity index (χ1) is 11.0. The quantitative estimate of drug-likeness (QED) is 0.815. The van der Waals surface area contributed by atoms with Gasteiger partial charge in [0, 0.05) is 6.54 Å². The number of benzene rings is 1. The number of hydrogen-bond acceptors (Lipinski definition) is 5. The molecule has 23 heavy (non-hydrogen) atoms. The van der Waals surface area contributed by atoms with Crippen LogP contribution in [0.1, 0.15) is 5.56 Å². The molecule has 0 spiro atoms. The molecule has 1 aromatic carbocycles. The maximum absolute atomic E-state index is 12.2. The molecule has 1 aliphatic rings. The van der Waals surface area contributed by atoms with Crippen LogP contribution in [0.2, 0.25) is 0 Å². The fourth-order valence-corrected chi connectivity index (χ4v) is 3.00. The number of thioether (sulfide) groups is 1. The molecule has 6 nitrogen and oxygen atoms in total. The Kier molecular flexibility index (Phi) is 6.29. The van der Waals surface area contributed by atoms with Crippen LogP contribution in [0.15, 0.2) is 18.2 Å². The second kappa shape index (κ2) is 8.21. The maximum atomic E-state index is 12.2. The fraction of sp³-hybridized carbons (Fsp3) is 0.500. The molecule has 2 rings (SSSR count). The normalized spacial score (nSPS) is 14.4. The third-order valence-corrected chi connectivity index (χ3v) is 4.31. The van der Waals surface area contributed by atoms with Gasteiger partial charge in [-0.3, -0.25) is 9.59 Å². The number of amides is 2. The van der Waals surface area contributed by atoms with Gasteiger partial charge in [-0.1, -0.05) is 6.07 Å². The van der Waals surface area contributed by atoms with Crippen molar-refractivity contribution < 1.29 is 14.3 Å². The molecular weight excluding hydrogens is 314 g/mol. The Morgan fingerprint density at radius 3 is 2.87 bits per heavy atom. The third-order valence-electron chi connectivity index (χ3n) is 3.37. The minimum absolute atomic E-state index is 0.0107. The molecule has 0 atom stereocenters. The van der Waals surface area contributed by atoms with E-state index in [-0.39, 0.29) is 18.4 Å². The molecule has 1 saturated heterocycles. The minimum atomic E-state index is -0.206. The molecule has 0 saturated carbocycles. The van der Waals surface area contributed by atoms with Crippen molar-refractivity contribution in [1.29, 1.82) is 0 Å². The SMILES string of the molecule is Cc1ccc(NC(=O)CN2CSCC2=O)c(OCCN(C)C)c1. The molecule has 1 N–H and O–H groups in total. The summed E-state index contributed by atoms with van der Waals surface area (Å²) in [5, 5.41) is 2.84. The summed E-state index contributed by atoms with van der Waals surface area (Å²) in [4.78, 5) is 27.3. The zero-order valence-corrected chi connectivity index (χ0v) is 14.6. The lowest BCUT2D eigenvalue weighted by atomic mass is 10.2. The molecule has 2 amide bonds. The van der Waals surface area contributed by atoms with Crippen molar-refractivity contribution in [2.75, 3.05) is 50.7 Å². The number of carbonyl (C=O) groups excluding carboxylic acids is 2. The summed E-state index contributed by atoms with van der Waals surface area (Å²) in [5.74, 6) is 1.49. The summed E-state index contributed by atoms with van der Waals surface area (Å²) in [7, 11) is 3.96. The highest BCUT2D eigenvalue weighted by Crippen LogP contribution is 2.26. The van der Waals surface area contributed by atoms with Gasteiger partial charge in [-0.15, -0.1) is 11.8 Å². The molecule has 1 fully saturated rings. The van der Waals surface area contributed by atoms with E-state index in [4.69, 9.17) is 4.74 Å². The van der Waals surface area contributed by atoms with Crippen LogP contribution in [0.5, 0.6) is 5.75 Å². The van der Waals surface area contributed by atoms with Gasteiger partial charge in [0.05, 0.1) is 17.3 Å². The van der Waals surface area contributed by atoms with Crippen molar-refractivity contribution >= 4 is 29.3 Å². The molecule has 0 aliphatic carbocycles. The Morgan fingerprint density at radius 1 is 1.43 bits per heavy atom. The van der Waals surface area contributed by atoms with E-state index in [2.05, 4.69) is 5.32 Å². The largest absolute Gasteiger partial charge is 0.490 e. The molecule has 0 unspecified atom stereocenters. The second-order valence-electron chi connectivity index (χ2n) is 5.77. The van der Waals surface area contributed by atoms with Crippen LogP contribution in [-0.4, -0.2) is 67.0 Å². The molecule has 0 radical (unpaired) electrons. The number of ether oxygens (including phenoxy) is 1. The summed E-state index contributed by atoms with van der Waals surface area (Å²) in [6.07, 6.45) is 0. The second-order valence-corrected chi connectivity index (χ2v) is 6.72. The van der Waals surface area contributed by atoms with Crippen molar-refractivity contribution in [3.05, 3.63) is 23.8 Å². The number of nitrogens with zero attached hydrogens (tertiary/aromatic N) is 2. The van der Waals surface area contributed by atoms with Crippen LogP contribution < -0.4 is 10.1 Å². The van der Waals surface area contributed by atoms with Gasteiger partial charge in [0.2, 0.25) is 11.8 Å². The molecule has 0 bridgehead atoms. The van der Waals surface area contributed by atoms with Crippen molar-refractivity contribution in [2.45, 2.75) is 6.92 Å². The number of nitrogens with one attached hydrogen (secondary N) is 1. The van der Waals surface area contributed by atoms with Crippen molar-refractivity contribution in [3.63, 3.8) is 0 Å². The summed E-state index contributed by atoms with van der Waals surface area (Å²) in [6.45, 7) is 3.39. The monoisotopic (exact) mass is 337 g/mol. The number of anilines is 1. The summed E-state index contributed by atoms with van der Waals surface area (Å²) < 4.78 is 5.78. The van der Waals surface area contributed by atoms with E-state index in [0.717, 1.165) is 12.1 Å². The number of likely N-dealkylation sites (N-methyl/N-ethyl adjacent to an activating group) is 1. The molecule has 7 heteroatoms. The first kappa shape index (κ1) is 17.6. The van der Waals surface area contributed by atoms with Gasteiger partial charge in [0.25, 0.3) is 0 Å². The Balaban J connectivity index is 1.97. The summed E-state index contributed by atoms with van der Waals surface area (Å²) in [5.41, 5.74) is 1.70. The summed E-state index contributed by atoms with van der Waals surface area (Å²) in [6, 6.07) is 5.66. The van der Waals surface area contributed by atoms with Crippen LogP contribution in [0, 0.1) is 6.92 Å². The Hall–Kier alpha value is -1.73. The molecule has 1 aromatic rings. The van der Waals surface area contributed by atoms with Crippen LogP contribution in [-0.2, 0) is 9.59 Å². The zero-order chi connectivity index (χ0) is 16.8. The molecule has 0 aromatic heterocycles. The summed E-state index contributed by atoms with van der Waals surface area (Å²) >= 11 is 1.52. The van der Waals surface area contributed by atoms with Crippen molar-refractivity contribution in [3.8, 4) is 5.75 Å². The molecule has 1 heterocycles. The number of carbonyl (C=O) groups is 2. The highest BCUT2D eigenvalue weighted by Gasteiger charge is 2.23. The first-order valence-corrected chi connectivity index (χ1v) is 8.64. The minimum Gasteiger partial charge on any atom is -0.490 e. The average molecular weight is 337 g/mol. The van der Waals surface area contributed by atoms with Gasteiger partial charge in [-0.05, 0) is 38.7 Å². The third kappa shape index (κ3) is 5.44. The Labute approximate surface area is 141 Å². The molecule has 126 valence electrons. The van der Waals surface area contributed by atoms with Gasteiger partial charge in [-0.2, -0.15) is 0 Å². The van der Waals surface area contributed by atoms with Crippen LogP contribution in [0.3, 0.4) is 0 Å². The van der Waals surface area contributed by atoms with E-state index >= 15 is 0 Å². The van der Waals surface area contributed by atoms with Crippen molar-refractivity contribution in [2.24, 2.45) is 0 Å². The van der Waals surface area contributed by atoms with E-state index in [0.29, 0.717) is 29.7 Å². The number of rotatable bonds is 7. The van der Waals surface area contributed by atoms with E-state index < -0.39 is 0 Å². The van der Waals surface area contributed by atoms with E-state index in [1.165, 1.54) is 11.8 Å². The van der Waals surface area contributed by atoms with Gasteiger partial charge in [0.15, 0.2) is 0 Å². The first-order valence-electron chi connectivity index (χ1n) is 7.49. The molecule has 1 aliphatic heterocycles. The maximum Gasteiger partial charge on any atom is 0.244 e. The van der Waals surface area contributed by atoms with E-state index in [1.54, 1.807) is 4.90 Å². The lowest BCUT2D eigenvalue weighted by Crippen LogP contribution is -2.34. The predicted molar refractivity (Wildman–Crippen MR) is 92.9 cm³/mol. The molecular formula is C16H23N3O3S. The van der Waals surface area contributed by atoms with Gasteiger partial charge in [0.1, 0.15) is 18.9 Å². The van der Waals surface area contributed by atoms with Gasteiger partial charge < -0.3 is 19.9 Å². The lowest BCUT2D eigenvalue weighted by Gasteiger charge is -2.17. The number of aryl methyl sites for hydroxylation is 1. The fourth-order valence-electron chi connectivity index (χ4n) is 2.09. The van der Waals surface area contributed by atoms with E-state index in [1.807, 2.05) is 44.1 Å². The van der Waals surface area contributed by atoms with E-state index in [9.17, 15) is 9.59 Å². The lowest BCUT2D eigenvalue weighted by molar-refractivity contribution is -0.130. The van der Waals surface area contributed by atoms with Crippen molar-refractivity contribution in [1.82, 2.24) is 9.80 Å². The highest BCUT2D eigenvalue weighted by molar-refractivity contribution is 8.00. The Morgan fingerprint density at radius 2 is 2.22 bits per heavy atom. The van der Waals surface area contributed by atoms with Gasteiger partial charge >= 0.3 is 0 Å². The predicted octanol–water partition coefficient (Wildman–Crippen LogP) is 1.41. The van der Waals surface area contributed by atoms with Crippen LogP contribution >= 0.6 is 11.8 Å². The Bertz CT molecular complexity index is 578.